The summed E-state index contributed by atoms with van der Waals surface area (Å²) in [6, 6.07) is 20.6. The Hall–Kier alpha value is -4.81. The molecule has 0 aliphatic carbocycles. The summed E-state index contributed by atoms with van der Waals surface area (Å²) in [5, 5.41) is 18.4. The Labute approximate surface area is 270 Å². The predicted octanol–water partition coefficient (Wildman–Crippen LogP) is 5.46. The Morgan fingerprint density at radius 3 is 2.07 bits per heavy atom. The number of nitrogens with one attached hydrogen (secondary N) is 1. The van der Waals surface area contributed by atoms with Gasteiger partial charge in [-0.3, -0.25) is 14.4 Å². The van der Waals surface area contributed by atoms with Gasteiger partial charge in [0.25, 0.3) is 5.91 Å². The first kappa shape index (κ1) is 35.7. The molecule has 1 aliphatic rings. The van der Waals surface area contributed by atoms with E-state index in [1.54, 1.807) is 53.1 Å². The molecule has 2 amide bonds. The van der Waals surface area contributed by atoms with Crippen molar-refractivity contribution in [2.24, 2.45) is 5.92 Å². The molecule has 0 bridgehead atoms. The summed E-state index contributed by atoms with van der Waals surface area (Å²) < 4.78 is 13.2. The fourth-order valence-corrected chi connectivity index (χ4v) is 5.26. The molecule has 0 saturated carbocycles. The largest absolute Gasteiger partial charge is 0.478 e. The van der Waals surface area contributed by atoms with Crippen molar-refractivity contribution in [2.75, 3.05) is 42.7 Å². The van der Waals surface area contributed by atoms with Gasteiger partial charge in [-0.05, 0) is 98.9 Å². The summed E-state index contributed by atoms with van der Waals surface area (Å²) in [7, 11) is 0. The van der Waals surface area contributed by atoms with Crippen LogP contribution in [-0.2, 0) is 14.4 Å². The maximum atomic E-state index is 13.7. The summed E-state index contributed by atoms with van der Waals surface area (Å²) in [4.78, 5) is 62.3. The Kier molecular flexibility index (Phi) is 13.7. The average molecular weight is 650 g/mol. The molecule has 0 aromatic heterocycles. The summed E-state index contributed by atoms with van der Waals surface area (Å²) in [5.74, 6) is -3.21. The molecule has 0 radical (unpaired) electrons. The van der Waals surface area contributed by atoms with Gasteiger partial charge in [-0.15, -0.1) is 11.8 Å². The van der Waals surface area contributed by atoms with Crippen molar-refractivity contribution in [2.45, 2.75) is 24.7 Å². The minimum absolute atomic E-state index is 0.0643. The van der Waals surface area contributed by atoms with E-state index in [1.807, 2.05) is 30.5 Å². The highest BCUT2D eigenvalue weighted by molar-refractivity contribution is 7.98. The molecule has 1 saturated heterocycles. The Morgan fingerprint density at radius 1 is 0.913 bits per heavy atom. The third-order valence-corrected chi connectivity index (χ3v) is 7.90. The highest BCUT2D eigenvalue weighted by Gasteiger charge is 2.27. The van der Waals surface area contributed by atoms with Gasteiger partial charge in [0.1, 0.15) is 5.82 Å². The maximum absolute atomic E-state index is 13.7. The van der Waals surface area contributed by atoms with Crippen LogP contribution >= 0.6 is 11.8 Å². The minimum atomic E-state index is -1.26. The average Bonchev–Trinajstić information content (AvgIpc) is 3.04. The van der Waals surface area contributed by atoms with Crippen LogP contribution in [0.1, 0.15) is 40.5 Å². The van der Waals surface area contributed by atoms with Crippen molar-refractivity contribution in [3.05, 3.63) is 102 Å². The Balaban J connectivity index is 0.000000637. The quantitative estimate of drug-likeness (QED) is 0.140. The van der Waals surface area contributed by atoms with Gasteiger partial charge < -0.3 is 25.3 Å². The third kappa shape index (κ3) is 11.3. The smallest absolute Gasteiger partial charge is 0.328 e. The molecule has 0 unspecified atom stereocenters. The van der Waals surface area contributed by atoms with E-state index in [0.29, 0.717) is 42.1 Å². The zero-order valence-electron chi connectivity index (χ0n) is 25.5. The van der Waals surface area contributed by atoms with Crippen LogP contribution in [0.5, 0.6) is 0 Å². The SMILES string of the molecule is CSc1ccc(N(CCN2CCC(C(=O)c3ccc(F)cc3)CC2)C(=O)c2cccc(NC(C)=O)c2)cc1.O=C(O)/C=C/C(=O)O. The lowest BCUT2D eigenvalue weighted by molar-refractivity contribution is -0.134. The zero-order chi connectivity index (χ0) is 33.6. The monoisotopic (exact) mass is 649 g/mol. The van der Waals surface area contributed by atoms with Crippen molar-refractivity contribution >= 4 is 52.7 Å². The second-order valence-corrected chi connectivity index (χ2v) is 11.3. The molecule has 242 valence electrons. The van der Waals surface area contributed by atoms with E-state index < -0.39 is 11.9 Å². The van der Waals surface area contributed by atoms with Crippen LogP contribution in [0.4, 0.5) is 15.8 Å². The molecule has 12 heteroatoms. The van der Waals surface area contributed by atoms with Crippen molar-refractivity contribution in [1.29, 1.82) is 0 Å². The molecule has 4 rings (SSSR count). The lowest BCUT2D eigenvalue weighted by Gasteiger charge is -2.33. The predicted molar refractivity (Wildman–Crippen MR) is 175 cm³/mol. The van der Waals surface area contributed by atoms with E-state index in [0.717, 1.165) is 36.5 Å². The van der Waals surface area contributed by atoms with Gasteiger partial charge in [-0.25, -0.2) is 14.0 Å². The first-order valence-electron chi connectivity index (χ1n) is 14.5. The number of hydrogen-bond donors (Lipinski definition) is 3. The van der Waals surface area contributed by atoms with Crippen LogP contribution in [0.25, 0.3) is 0 Å². The van der Waals surface area contributed by atoms with Crippen molar-refractivity contribution in [3.63, 3.8) is 0 Å². The van der Waals surface area contributed by atoms with E-state index in [2.05, 4.69) is 10.2 Å². The summed E-state index contributed by atoms with van der Waals surface area (Å²) in [5.41, 5.74) is 2.43. The zero-order valence-corrected chi connectivity index (χ0v) is 26.3. The molecule has 1 aliphatic heterocycles. The molecule has 46 heavy (non-hydrogen) atoms. The van der Waals surface area contributed by atoms with Gasteiger partial charge in [0, 0.05) is 65.5 Å². The number of carbonyl (C=O) groups is 5. The van der Waals surface area contributed by atoms with Crippen molar-refractivity contribution in [1.82, 2.24) is 4.90 Å². The highest BCUT2D eigenvalue weighted by atomic mass is 32.2. The van der Waals surface area contributed by atoms with Crippen LogP contribution < -0.4 is 10.2 Å². The molecule has 1 heterocycles. The van der Waals surface area contributed by atoms with Crippen molar-refractivity contribution < 1.29 is 38.6 Å². The molecular weight excluding hydrogens is 613 g/mol. The van der Waals surface area contributed by atoms with E-state index in [4.69, 9.17) is 10.2 Å². The number of ketones is 1. The van der Waals surface area contributed by atoms with E-state index >= 15 is 0 Å². The van der Waals surface area contributed by atoms with Crippen LogP contribution in [0.15, 0.2) is 89.8 Å². The van der Waals surface area contributed by atoms with Gasteiger partial charge in [0.15, 0.2) is 5.78 Å². The van der Waals surface area contributed by atoms with E-state index in [-0.39, 0.29) is 29.3 Å². The maximum Gasteiger partial charge on any atom is 0.328 e. The number of aliphatic carboxylic acids is 2. The molecule has 3 aromatic rings. The second-order valence-electron chi connectivity index (χ2n) is 10.4. The van der Waals surface area contributed by atoms with Gasteiger partial charge in [0.05, 0.1) is 0 Å². The van der Waals surface area contributed by atoms with Gasteiger partial charge in [-0.1, -0.05) is 6.07 Å². The number of piperidine rings is 1. The van der Waals surface area contributed by atoms with E-state index in [9.17, 15) is 28.4 Å². The number of nitrogens with zero attached hydrogens (tertiary/aromatic N) is 2. The van der Waals surface area contributed by atoms with Gasteiger partial charge in [-0.2, -0.15) is 0 Å². The number of carboxylic acids is 2. The molecule has 10 nitrogen and oxygen atoms in total. The van der Waals surface area contributed by atoms with E-state index in [1.165, 1.54) is 19.1 Å². The van der Waals surface area contributed by atoms with Crippen LogP contribution in [-0.4, -0.2) is 77.1 Å². The first-order valence-corrected chi connectivity index (χ1v) is 15.7. The number of carbonyl (C=O) groups excluding carboxylic acids is 3. The first-order chi connectivity index (χ1) is 22.0. The lowest BCUT2D eigenvalue weighted by atomic mass is 9.89. The summed E-state index contributed by atoms with van der Waals surface area (Å²) in [6.07, 6.45) is 4.58. The second kappa shape index (κ2) is 17.6. The molecular formula is C34H36FN3O7S. The number of rotatable bonds is 11. The number of Topliss-reactive ketones (excluding diaryl/α,β-unsaturated/α-hetero) is 1. The minimum Gasteiger partial charge on any atom is -0.478 e. The van der Waals surface area contributed by atoms with Gasteiger partial charge >= 0.3 is 11.9 Å². The number of carboxylic acid groups (broad SMARTS) is 2. The molecule has 1 fully saturated rings. The number of thioether (sulfide) groups is 1. The molecule has 0 atom stereocenters. The third-order valence-electron chi connectivity index (χ3n) is 7.15. The van der Waals surface area contributed by atoms with Crippen molar-refractivity contribution in [3.8, 4) is 0 Å². The Morgan fingerprint density at radius 2 is 1.52 bits per heavy atom. The number of anilines is 2. The highest BCUT2D eigenvalue weighted by Crippen LogP contribution is 2.25. The molecule has 3 N–H and O–H groups in total. The van der Waals surface area contributed by atoms with Crippen LogP contribution in [0.3, 0.4) is 0 Å². The van der Waals surface area contributed by atoms with Crippen LogP contribution in [0, 0.1) is 11.7 Å². The Bertz CT molecular complexity index is 1540. The number of benzene rings is 3. The number of amides is 2. The normalized spacial score (nSPS) is 13.4. The topological polar surface area (TPSA) is 144 Å². The summed E-state index contributed by atoms with van der Waals surface area (Å²) >= 11 is 1.64. The number of halogens is 1. The standard InChI is InChI=1S/C30H32FN3O3S.C4H4O4/c1-21(35)32-26-5-3-4-24(20-26)30(37)34(27-10-12-28(38-2)13-11-27)19-18-33-16-14-23(15-17-33)29(36)22-6-8-25(31)9-7-22;5-3(6)1-2-4(7)8/h3-13,20,23H,14-19H2,1-2H3,(H,32,35);1-2H,(H,5,6)(H,7,8)/b;2-1+. The fraction of sp³-hybridized carbons (Fsp3) is 0.265. The lowest BCUT2D eigenvalue weighted by Crippen LogP contribution is -2.42. The molecule has 3 aromatic carbocycles. The summed E-state index contributed by atoms with van der Waals surface area (Å²) in [6.45, 7) is 4.09. The number of likely N-dealkylation sites (tertiary alicyclic amines) is 1. The van der Waals surface area contributed by atoms with Gasteiger partial charge in [0.2, 0.25) is 5.91 Å². The molecule has 0 spiro atoms. The fourth-order valence-electron chi connectivity index (χ4n) is 4.85. The number of hydrogen-bond acceptors (Lipinski definition) is 7. The van der Waals surface area contributed by atoms with Crippen LogP contribution in [0.2, 0.25) is 0 Å².